The first-order chi connectivity index (χ1) is 10.0. The van der Waals surface area contributed by atoms with Crippen molar-refractivity contribution in [3.63, 3.8) is 0 Å². The van der Waals surface area contributed by atoms with E-state index < -0.39 is 0 Å². The number of anilines is 1. The summed E-state index contributed by atoms with van der Waals surface area (Å²) in [6.45, 7) is 4.06. The van der Waals surface area contributed by atoms with Gasteiger partial charge in [0.25, 0.3) is 0 Å². The first-order valence-corrected chi connectivity index (χ1v) is 7.98. The van der Waals surface area contributed by atoms with Gasteiger partial charge in [-0.25, -0.2) is 4.68 Å². The third-order valence-electron chi connectivity index (χ3n) is 5.41. The molecule has 3 rings (SSSR count). The number of nitrogens with zero attached hydrogens (tertiary/aromatic N) is 3. The minimum absolute atomic E-state index is 0.148. The largest absolute Gasteiger partial charge is 0.362 e. The van der Waals surface area contributed by atoms with Gasteiger partial charge in [0.1, 0.15) is 5.69 Å². The Morgan fingerprint density at radius 1 is 1.48 bits per heavy atom. The van der Waals surface area contributed by atoms with Crippen LogP contribution in [0.4, 0.5) is 11.5 Å². The van der Waals surface area contributed by atoms with Crippen molar-refractivity contribution in [3.05, 3.63) is 15.8 Å². The number of nitro groups is 1. The molecule has 21 heavy (non-hydrogen) atoms. The van der Waals surface area contributed by atoms with E-state index in [0.29, 0.717) is 23.9 Å². The Hall–Kier alpha value is -1.59. The van der Waals surface area contributed by atoms with Crippen molar-refractivity contribution in [1.29, 1.82) is 0 Å². The van der Waals surface area contributed by atoms with Crippen LogP contribution in [0.1, 0.15) is 45.2 Å². The van der Waals surface area contributed by atoms with Gasteiger partial charge in [-0.15, -0.1) is 0 Å². The van der Waals surface area contributed by atoms with E-state index >= 15 is 0 Å². The fourth-order valence-electron chi connectivity index (χ4n) is 4.39. The van der Waals surface area contributed by atoms with E-state index in [1.54, 1.807) is 11.7 Å². The van der Waals surface area contributed by atoms with Gasteiger partial charge in [-0.3, -0.25) is 10.1 Å². The van der Waals surface area contributed by atoms with Crippen LogP contribution in [-0.2, 0) is 13.5 Å². The topological polar surface area (TPSA) is 73.0 Å². The lowest BCUT2D eigenvalue weighted by Gasteiger charge is -2.28. The van der Waals surface area contributed by atoms with Crippen LogP contribution in [0.15, 0.2) is 0 Å². The molecule has 116 valence electrons. The summed E-state index contributed by atoms with van der Waals surface area (Å²) in [5.74, 6) is 2.89. The first-order valence-electron chi connectivity index (χ1n) is 7.98. The van der Waals surface area contributed by atoms with E-state index in [4.69, 9.17) is 0 Å². The van der Waals surface area contributed by atoms with Gasteiger partial charge in [-0.2, -0.15) is 5.10 Å². The van der Waals surface area contributed by atoms with Crippen LogP contribution < -0.4 is 5.32 Å². The van der Waals surface area contributed by atoms with Gasteiger partial charge in [0, 0.05) is 13.1 Å². The Balaban J connectivity index is 1.81. The number of rotatable bonds is 5. The SMILES string of the molecule is CCc1nn(C)c(NC(C)C2CC3CCC2C3)c1[N+](=O)[O-]. The molecular formula is C15H24N4O2. The third kappa shape index (κ3) is 2.40. The van der Waals surface area contributed by atoms with Gasteiger partial charge >= 0.3 is 5.69 Å². The number of hydrogen-bond donors (Lipinski definition) is 1. The maximum absolute atomic E-state index is 11.4. The highest BCUT2D eigenvalue weighted by Crippen LogP contribution is 2.50. The van der Waals surface area contributed by atoms with E-state index in [9.17, 15) is 10.1 Å². The Kier molecular flexibility index (Phi) is 3.63. The molecule has 2 fully saturated rings. The average Bonchev–Trinajstić information content (AvgIpc) is 3.13. The average molecular weight is 292 g/mol. The van der Waals surface area contributed by atoms with Crippen LogP contribution in [0.2, 0.25) is 0 Å². The summed E-state index contributed by atoms with van der Waals surface area (Å²) in [4.78, 5) is 11.1. The van der Waals surface area contributed by atoms with Crippen molar-refractivity contribution in [2.45, 2.75) is 52.0 Å². The molecule has 1 heterocycles. The quantitative estimate of drug-likeness (QED) is 0.668. The molecule has 0 aliphatic heterocycles. The molecule has 6 nitrogen and oxygen atoms in total. The Morgan fingerprint density at radius 2 is 2.24 bits per heavy atom. The van der Waals surface area contributed by atoms with Gasteiger partial charge in [0.2, 0.25) is 5.82 Å². The molecule has 0 radical (unpaired) electrons. The molecule has 1 N–H and O–H groups in total. The summed E-state index contributed by atoms with van der Waals surface area (Å²) in [7, 11) is 1.78. The molecule has 2 aliphatic rings. The zero-order valence-electron chi connectivity index (χ0n) is 13.0. The monoisotopic (exact) mass is 292 g/mol. The van der Waals surface area contributed by atoms with Crippen molar-refractivity contribution in [1.82, 2.24) is 9.78 Å². The highest BCUT2D eigenvalue weighted by atomic mass is 16.6. The number of nitrogens with one attached hydrogen (secondary N) is 1. The van der Waals surface area contributed by atoms with Crippen LogP contribution >= 0.6 is 0 Å². The molecule has 4 unspecified atom stereocenters. The summed E-state index contributed by atoms with van der Waals surface area (Å²) < 4.78 is 1.63. The maximum atomic E-state index is 11.4. The molecule has 0 aromatic carbocycles. The van der Waals surface area contributed by atoms with Gasteiger partial charge in [-0.1, -0.05) is 13.3 Å². The Morgan fingerprint density at radius 3 is 2.76 bits per heavy atom. The summed E-state index contributed by atoms with van der Waals surface area (Å²) in [5, 5.41) is 19.0. The normalized spacial score (nSPS) is 28.8. The fourth-order valence-corrected chi connectivity index (χ4v) is 4.39. The first kappa shape index (κ1) is 14.4. The van der Waals surface area contributed by atoms with Crippen LogP contribution in [0.3, 0.4) is 0 Å². The molecule has 6 heteroatoms. The highest BCUT2D eigenvalue weighted by molar-refractivity contribution is 5.60. The van der Waals surface area contributed by atoms with Crippen molar-refractivity contribution in [2.75, 3.05) is 5.32 Å². The molecule has 4 atom stereocenters. The molecule has 0 spiro atoms. The van der Waals surface area contributed by atoms with E-state index in [2.05, 4.69) is 17.3 Å². The smallest absolute Gasteiger partial charge is 0.333 e. The molecule has 2 bridgehead atoms. The molecule has 2 saturated carbocycles. The van der Waals surface area contributed by atoms with E-state index in [1.807, 2.05) is 6.92 Å². The lowest BCUT2D eigenvalue weighted by molar-refractivity contribution is -0.384. The Labute approximate surface area is 125 Å². The highest BCUT2D eigenvalue weighted by Gasteiger charge is 2.42. The van der Waals surface area contributed by atoms with Crippen molar-refractivity contribution >= 4 is 11.5 Å². The zero-order valence-corrected chi connectivity index (χ0v) is 13.0. The minimum atomic E-state index is -0.304. The molecule has 1 aromatic heterocycles. The van der Waals surface area contributed by atoms with Gasteiger partial charge in [0.15, 0.2) is 0 Å². The second-order valence-electron chi connectivity index (χ2n) is 6.65. The Bertz CT molecular complexity index is 554. The number of hydrogen-bond acceptors (Lipinski definition) is 4. The summed E-state index contributed by atoms with van der Waals surface area (Å²) in [5.41, 5.74) is 0.708. The molecule has 2 aliphatic carbocycles. The fraction of sp³-hybridized carbons (Fsp3) is 0.800. The lowest BCUT2D eigenvalue weighted by atomic mass is 9.84. The maximum Gasteiger partial charge on any atom is 0.333 e. The van der Waals surface area contributed by atoms with Crippen LogP contribution in [-0.4, -0.2) is 20.7 Å². The summed E-state index contributed by atoms with van der Waals surface area (Å²) in [6, 6.07) is 0.263. The van der Waals surface area contributed by atoms with Crippen LogP contribution in [0.5, 0.6) is 0 Å². The van der Waals surface area contributed by atoms with Crippen LogP contribution in [0, 0.1) is 27.9 Å². The van der Waals surface area contributed by atoms with Gasteiger partial charge < -0.3 is 5.32 Å². The molecule has 0 amide bonds. The van der Waals surface area contributed by atoms with E-state index in [0.717, 1.165) is 11.8 Å². The number of fused-ring (bicyclic) bond motifs is 2. The zero-order chi connectivity index (χ0) is 15.1. The van der Waals surface area contributed by atoms with Crippen molar-refractivity contribution < 1.29 is 4.92 Å². The van der Waals surface area contributed by atoms with Gasteiger partial charge in [0.05, 0.1) is 4.92 Å². The lowest BCUT2D eigenvalue weighted by Crippen LogP contribution is -2.31. The van der Waals surface area contributed by atoms with Crippen molar-refractivity contribution in [2.24, 2.45) is 24.8 Å². The minimum Gasteiger partial charge on any atom is -0.362 e. The number of aryl methyl sites for hydroxylation is 2. The van der Waals surface area contributed by atoms with Crippen molar-refractivity contribution in [3.8, 4) is 0 Å². The predicted octanol–water partition coefficient (Wildman–Crippen LogP) is 3.13. The molecule has 0 saturated heterocycles. The van der Waals surface area contributed by atoms with E-state index in [1.165, 1.54) is 25.7 Å². The molecular weight excluding hydrogens is 268 g/mol. The van der Waals surface area contributed by atoms with E-state index in [-0.39, 0.29) is 16.7 Å². The van der Waals surface area contributed by atoms with Crippen LogP contribution in [0.25, 0.3) is 0 Å². The molecule has 1 aromatic rings. The second-order valence-corrected chi connectivity index (χ2v) is 6.65. The summed E-state index contributed by atoms with van der Waals surface area (Å²) >= 11 is 0. The second kappa shape index (κ2) is 5.31. The predicted molar refractivity (Wildman–Crippen MR) is 81.3 cm³/mol. The summed E-state index contributed by atoms with van der Waals surface area (Å²) in [6.07, 6.45) is 5.90. The standard InChI is InChI=1S/C15H24N4O2/c1-4-13-14(19(20)21)15(18(3)17-13)16-9(2)12-8-10-5-6-11(12)7-10/h9-12,16H,4-8H2,1-3H3. The third-order valence-corrected chi connectivity index (χ3v) is 5.41. The van der Waals surface area contributed by atoms with Gasteiger partial charge in [-0.05, 0) is 50.4 Å². The number of aromatic nitrogens is 2.